The normalized spacial score (nSPS) is 21.7. The van der Waals surface area contributed by atoms with Gasteiger partial charge in [-0.25, -0.2) is 17.7 Å². The Hall–Kier alpha value is -3.91. The minimum Gasteiger partial charge on any atom is -0.497 e. The van der Waals surface area contributed by atoms with E-state index in [-0.39, 0.29) is 63.8 Å². The lowest BCUT2D eigenvalue weighted by Crippen LogP contribution is -2.59. The number of β-amino-alcohol motifs (C(OH)–C–C–N with tert-alkyl or cyclic N) is 1. The van der Waals surface area contributed by atoms with Crippen molar-refractivity contribution in [2.45, 2.75) is 35.9 Å². The van der Waals surface area contributed by atoms with Crippen molar-refractivity contribution in [2.24, 2.45) is 0 Å². The van der Waals surface area contributed by atoms with Gasteiger partial charge >= 0.3 is 0 Å². The van der Waals surface area contributed by atoms with Crippen LogP contribution in [0.5, 0.6) is 17.4 Å². The summed E-state index contributed by atoms with van der Waals surface area (Å²) in [5.74, 6) is -0.931. The molecular formula is C30H33ClN4O8S. The molecule has 0 saturated carbocycles. The number of hydrogen-bond donors (Lipinski definition) is 1. The maximum atomic E-state index is 15.2. The summed E-state index contributed by atoms with van der Waals surface area (Å²) in [6, 6.07) is 10.8. The van der Waals surface area contributed by atoms with Gasteiger partial charge < -0.3 is 24.2 Å². The first-order valence-corrected chi connectivity index (χ1v) is 15.6. The number of pyridine rings is 1. The van der Waals surface area contributed by atoms with Crippen LogP contribution in [0.2, 0.25) is 5.02 Å². The second-order valence-corrected chi connectivity index (χ2v) is 12.7. The molecule has 0 bridgehead atoms. The van der Waals surface area contributed by atoms with Gasteiger partial charge in [0.25, 0.3) is 15.9 Å². The molecular weight excluding hydrogens is 612 g/mol. The van der Waals surface area contributed by atoms with E-state index in [1.807, 2.05) is 0 Å². The monoisotopic (exact) mass is 644 g/mol. The Kier molecular flexibility index (Phi) is 8.51. The maximum Gasteiger partial charge on any atom is 0.274 e. The number of aromatic nitrogens is 1. The summed E-state index contributed by atoms with van der Waals surface area (Å²) in [7, 11) is 1.22. The van der Waals surface area contributed by atoms with Gasteiger partial charge in [0.05, 0.1) is 38.7 Å². The van der Waals surface area contributed by atoms with Crippen LogP contribution in [0, 0.1) is 0 Å². The van der Waals surface area contributed by atoms with Gasteiger partial charge in [-0.3, -0.25) is 14.5 Å². The summed E-state index contributed by atoms with van der Waals surface area (Å²) in [6.07, 6.45) is 0.486. The van der Waals surface area contributed by atoms with Crippen LogP contribution in [0.15, 0.2) is 59.6 Å². The third-order valence-corrected chi connectivity index (χ3v) is 9.80. The van der Waals surface area contributed by atoms with Crippen LogP contribution in [0.25, 0.3) is 0 Å². The average Bonchev–Trinajstić information content (AvgIpc) is 3.51. The molecule has 1 aromatic heterocycles. The van der Waals surface area contributed by atoms with E-state index in [4.69, 9.17) is 25.8 Å². The summed E-state index contributed by atoms with van der Waals surface area (Å²) >= 11 is 6.53. The van der Waals surface area contributed by atoms with E-state index >= 15 is 4.79 Å². The Balaban J connectivity index is 1.87. The van der Waals surface area contributed by atoms with Crippen molar-refractivity contribution in [1.82, 2.24) is 14.8 Å². The second kappa shape index (κ2) is 11.9. The van der Waals surface area contributed by atoms with E-state index in [9.17, 15) is 18.3 Å². The van der Waals surface area contributed by atoms with Crippen LogP contribution in [-0.4, -0.2) is 93.7 Å². The van der Waals surface area contributed by atoms with E-state index in [0.29, 0.717) is 10.1 Å². The molecule has 3 aromatic rings. The zero-order chi connectivity index (χ0) is 32.0. The van der Waals surface area contributed by atoms with Gasteiger partial charge in [0.15, 0.2) is 5.54 Å². The predicted molar refractivity (Wildman–Crippen MR) is 162 cm³/mol. The Bertz CT molecular complexity index is 1720. The molecule has 44 heavy (non-hydrogen) atoms. The van der Waals surface area contributed by atoms with Gasteiger partial charge in [-0.15, -0.1) is 0 Å². The number of sulfonamides is 1. The zero-order valence-corrected chi connectivity index (χ0v) is 26.4. The highest BCUT2D eigenvalue weighted by molar-refractivity contribution is 7.93. The number of aliphatic hydroxyl groups excluding tert-OH is 1. The lowest BCUT2D eigenvalue weighted by atomic mass is 9.81. The number of methoxy groups -OCH3 is 2. The summed E-state index contributed by atoms with van der Waals surface area (Å²) in [4.78, 5) is 35.8. The lowest BCUT2D eigenvalue weighted by molar-refractivity contribution is -0.138. The van der Waals surface area contributed by atoms with Crippen molar-refractivity contribution in [3.05, 3.63) is 70.9 Å². The largest absolute Gasteiger partial charge is 0.497 e. The van der Waals surface area contributed by atoms with Crippen LogP contribution in [0.3, 0.4) is 0 Å². The van der Waals surface area contributed by atoms with Crippen molar-refractivity contribution in [2.75, 3.05) is 45.8 Å². The van der Waals surface area contributed by atoms with E-state index in [0.717, 1.165) is 0 Å². The number of anilines is 1. The molecule has 1 unspecified atom stereocenters. The van der Waals surface area contributed by atoms with Crippen LogP contribution in [0.1, 0.15) is 24.5 Å². The number of hydrogen-bond acceptors (Lipinski definition) is 10. The molecule has 0 radical (unpaired) electrons. The number of carbonyl (C=O) groups excluding carboxylic acids is 2. The number of halogens is 1. The fourth-order valence-corrected chi connectivity index (χ4v) is 7.77. The molecule has 1 N–H and O–H groups in total. The molecule has 5 rings (SSSR count). The molecule has 1 fully saturated rings. The number of ether oxygens (including phenoxy) is 3. The van der Waals surface area contributed by atoms with Crippen LogP contribution < -0.4 is 18.5 Å². The van der Waals surface area contributed by atoms with Crippen molar-refractivity contribution < 1.29 is 37.3 Å². The number of likely N-dealkylation sites (tertiary alicyclic amines) is 1. The van der Waals surface area contributed by atoms with E-state index in [2.05, 4.69) is 4.98 Å². The highest BCUT2D eigenvalue weighted by Crippen LogP contribution is 2.55. The molecule has 0 aliphatic carbocycles. The molecule has 2 amide bonds. The lowest BCUT2D eigenvalue weighted by Gasteiger charge is -2.41. The predicted octanol–water partition coefficient (Wildman–Crippen LogP) is 2.65. The minimum atomic E-state index is -4.67. The third kappa shape index (κ3) is 4.84. The number of aliphatic hydroxyl groups is 1. The molecule has 1 saturated heterocycles. The van der Waals surface area contributed by atoms with Crippen LogP contribution >= 0.6 is 11.6 Å². The van der Waals surface area contributed by atoms with Gasteiger partial charge in [0, 0.05) is 49.1 Å². The standard InChI is InChI=1S/C30H33ClN4O8S/c1-6-43-27-21(8-7-13-32-27)30(34-17-19(36)15-24(34)28(37)33(2)3)22-14-18(31)9-11-23(22)35(29(30)38)44(39,40)26-12-10-20(41-4)16-25(26)42-5/h7-14,16,19,24,36H,6,15,17H2,1-5H3/t19-,24+,30?/m1/s1. The fourth-order valence-electron chi connectivity index (χ4n) is 6.00. The quantitative estimate of drug-likeness (QED) is 0.370. The SMILES string of the molecule is CCOc1ncccc1C1(N2C[C@H](O)C[C@H]2C(=O)N(C)C)C(=O)N(S(=O)(=O)c2ccc(OC)cc2OC)c2ccc(Cl)cc21. The van der Waals surface area contributed by atoms with Crippen LogP contribution in [-0.2, 0) is 25.2 Å². The number of likely N-dealkylation sites (N-methyl/N-ethyl adjacent to an activating group) is 1. The number of benzene rings is 2. The highest BCUT2D eigenvalue weighted by atomic mass is 35.5. The molecule has 2 aliphatic heterocycles. The molecule has 3 heterocycles. The summed E-state index contributed by atoms with van der Waals surface area (Å²) in [5, 5.41) is 11.2. The molecule has 0 spiro atoms. The Morgan fingerprint density at radius 3 is 2.55 bits per heavy atom. The van der Waals surface area contributed by atoms with Gasteiger partial charge in [0.1, 0.15) is 16.4 Å². The number of amides is 2. The highest BCUT2D eigenvalue weighted by Gasteiger charge is 2.64. The molecule has 3 atom stereocenters. The first-order valence-electron chi connectivity index (χ1n) is 13.8. The molecule has 12 nitrogen and oxygen atoms in total. The van der Waals surface area contributed by atoms with Gasteiger partial charge in [-0.1, -0.05) is 11.6 Å². The van der Waals surface area contributed by atoms with E-state index in [1.165, 1.54) is 66.6 Å². The van der Waals surface area contributed by atoms with Crippen molar-refractivity contribution in [3.63, 3.8) is 0 Å². The van der Waals surface area contributed by atoms with Crippen molar-refractivity contribution >= 4 is 39.1 Å². The van der Waals surface area contributed by atoms with E-state index < -0.39 is 33.6 Å². The minimum absolute atomic E-state index is 0.00518. The molecule has 234 valence electrons. The number of carbonyl (C=O) groups is 2. The summed E-state index contributed by atoms with van der Waals surface area (Å²) < 4.78 is 46.4. The van der Waals surface area contributed by atoms with Crippen LogP contribution in [0.4, 0.5) is 5.69 Å². The zero-order valence-electron chi connectivity index (χ0n) is 24.9. The van der Waals surface area contributed by atoms with Crippen molar-refractivity contribution in [3.8, 4) is 17.4 Å². The van der Waals surface area contributed by atoms with E-state index in [1.54, 1.807) is 33.2 Å². The Morgan fingerprint density at radius 1 is 1.14 bits per heavy atom. The van der Waals surface area contributed by atoms with Gasteiger partial charge in [0.2, 0.25) is 11.8 Å². The van der Waals surface area contributed by atoms with Gasteiger partial charge in [-0.2, -0.15) is 0 Å². The third-order valence-electron chi connectivity index (χ3n) is 7.83. The van der Waals surface area contributed by atoms with Gasteiger partial charge in [-0.05, 0) is 55.8 Å². The maximum absolute atomic E-state index is 15.2. The average molecular weight is 645 g/mol. The number of nitrogens with zero attached hydrogens (tertiary/aromatic N) is 4. The molecule has 2 aliphatic rings. The second-order valence-electron chi connectivity index (χ2n) is 10.5. The first kappa shape index (κ1) is 31.5. The Labute approximate surface area is 260 Å². The fraction of sp³-hybridized carbons (Fsp3) is 0.367. The molecule has 14 heteroatoms. The summed E-state index contributed by atoms with van der Waals surface area (Å²) in [5.41, 5.74) is -1.60. The smallest absolute Gasteiger partial charge is 0.274 e. The number of fused-ring (bicyclic) bond motifs is 1. The topological polar surface area (TPSA) is 139 Å². The molecule has 2 aromatic carbocycles. The first-order chi connectivity index (χ1) is 20.9. The van der Waals surface area contributed by atoms with Crippen molar-refractivity contribution in [1.29, 1.82) is 0 Å². The Morgan fingerprint density at radius 2 is 1.89 bits per heavy atom. The number of rotatable bonds is 9. The summed E-state index contributed by atoms with van der Waals surface area (Å²) in [6.45, 7) is 1.80.